The van der Waals surface area contributed by atoms with Crippen LogP contribution in [0, 0.1) is 0 Å². The number of hydrogen-bond acceptors (Lipinski definition) is 4. The number of nitrogens with zero attached hydrogens (tertiary/aromatic N) is 1. The van der Waals surface area contributed by atoms with Gasteiger partial charge in [0.05, 0.1) is 5.69 Å². The molecule has 3 N–H and O–H groups in total. The van der Waals surface area contributed by atoms with Gasteiger partial charge in [-0.15, -0.1) is 11.3 Å². The number of nitrogens with two attached hydrogens (primary N) is 1. The molecule has 5 heteroatoms. The third kappa shape index (κ3) is 3.49. The highest BCUT2D eigenvalue weighted by Crippen LogP contribution is 2.29. The van der Waals surface area contributed by atoms with E-state index in [1.54, 1.807) is 17.4 Å². The van der Waals surface area contributed by atoms with Crippen LogP contribution in [0.25, 0.3) is 6.08 Å². The van der Waals surface area contributed by atoms with E-state index in [2.05, 4.69) is 10.3 Å². The Morgan fingerprint density at radius 1 is 1.33 bits per heavy atom. The maximum atomic E-state index is 11.9. The van der Waals surface area contributed by atoms with Gasteiger partial charge in [0.1, 0.15) is 0 Å². The molecule has 1 amide bonds. The van der Waals surface area contributed by atoms with E-state index in [-0.39, 0.29) is 5.91 Å². The van der Waals surface area contributed by atoms with Gasteiger partial charge in [0.2, 0.25) is 5.91 Å². The number of amides is 1. The van der Waals surface area contributed by atoms with Crippen molar-refractivity contribution in [2.75, 3.05) is 11.1 Å². The van der Waals surface area contributed by atoms with Crippen molar-refractivity contribution in [3.63, 3.8) is 0 Å². The van der Waals surface area contributed by atoms with Crippen LogP contribution in [-0.2, 0) is 17.6 Å². The standard InChI is InChI=1S/C16H17N3OS/c17-12-5-3-4-11(10-12)8-9-15(20)19-16-18-13-6-1-2-7-14(13)21-16/h3-5,8-10H,1-2,6-7,17H2,(H,18,19,20)/b9-8+. The average molecular weight is 299 g/mol. The van der Waals surface area contributed by atoms with Crippen molar-refractivity contribution in [2.24, 2.45) is 0 Å². The highest BCUT2D eigenvalue weighted by Gasteiger charge is 2.15. The van der Waals surface area contributed by atoms with Crippen LogP contribution in [0.3, 0.4) is 0 Å². The molecule has 0 aliphatic heterocycles. The minimum Gasteiger partial charge on any atom is -0.399 e. The number of aryl methyl sites for hydroxylation is 2. The van der Waals surface area contributed by atoms with Gasteiger partial charge in [-0.1, -0.05) is 12.1 Å². The number of thiazole rings is 1. The molecule has 21 heavy (non-hydrogen) atoms. The quantitative estimate of drug-likeness (QED) is 0.675. The summed E-state index contributed by atoms with van der Waals surface area (Å²) in [6.45, 7) is 0. The SMILES string of the molecule is Nc1cccc(/C=C/C(=O)Nc2nc3c(s2)CCCC3)c1. The van der Waals surface area contributed by atoms with Crippen molar-refractivity contribution < 1.29 is 4.79 Å². The molecule has 0 spiro atoms. The van der Waals surface area contributed by atoms with Gasteiger partial charge >= 0.3 is 0 Å². The van der Waals surface area contributed by atoms with Crippen molar-refractivity contribution in [3.8, 4) is 0 Å². The number of rotatable bonds is 3. The normalized spacial score (nSPS) is 14.1. The molecule has 0 fully saturated rings. The Bertz CT molecular complexity index is 667. The summed E-state index contributed by atoms with van der Waals surface area (Å²) in [5.74, 6) is -0.163. The van der Waals surface area contributed by atoms with Crippen molar-refractivity contribution in [1.82, 2.24) is 4.98 Å². The van der Waals surface area contributed by atoms with E-state index in [0.717, 1.165) is 24.1 Å². The summed E-state index contributed by atoms with van der Waals surface area (Å²) in [6.07, 6.45) is 7.79. The van der Waals surface area contributed by atoms with Gasteiger partial charge in [-0.25, -0.2) is 4.98 Å². The predicted octanol–water partition coefficient (Wildman–Crippen LogP) is 3.26. The number of nitrogens with one attached hydrogen (secondary N) is 1. The fourth-order valence-electron chi connectivity index (χ4n) is 2.39. The number of benzene rings is 1. The fourth-order valence-corrected chi connectivity index (χ4v) is 3.44. The number of carbonyl (C=O) groups excluding carboxylic acids is 1. The molecule has 4 nitrogen and oxygen atoms in total. The second kappa shape index (κ2) is 6.10. The van der Waals surface area contributed by atoms with Crippen molar-refractivity contribution in [3.05, 3.63) is 46.5 Å². The maximum absolute atomic E-state index is 11.9. The second-order valence-corrected chi connectivity index (χ2v) is 6.17. The minimum atomic E-state index is -0.163. The Balaban J connectivity index is 1.65. The molecule has 0 saturated heterocycles. The maximum Gasteiger partial charge on any atom is 0.250 e. The zero-order chi connectivity index (χ0) is 14.7. The number of fused-ring (bicyclic) bond motifs is 1. The topological polar surface area (TPSA) is 68.0 Å². The predicted molar refractivity (Wildman–Crippen MR) is 87.3 cm³/mol. The van der Waals surface area contributed by atoms with E-state index in [1.165, 1.54) is 23.8 Å². The molecule has 0 radical (unpaired) electrons. The lowest BCUT2D eigenvalue weighted by Crippen LogP contribution is -2.07. The van der Waals surface area contributed by atoms with Crippen molar-refractivity contribution in [1.29, 1.82) is 0 Å². The Labute approximate surface area is 127 Å². The zero-order valence-corrected chi connectivity index (χ0v) is 12.5. The van der Waals surface area contributed by atoms with Crippen molar-refractivity contribution in [2.45, 2.75) is 25.7 Å². The zero-order valence-electron chi connectivity index (χ0n) is 11.6. The molecule has 1 aliphatic carbocycles. The lowest BCUT2D eigenvalue weighted by atomic mass is 10.0. The van der Waals surface area contributed by atoms with Gasteiger partial charge in [0, 0.05) is 16.6 Å². The summed E-state index contributed by atoms with van der Waals surface area (Å²) in [6, 6.07) is 7.41. The number of aromatic nitrogens is 1. The Morgan fingerprint density at radius 3 is 3.00 bits per heavy atom. The van der Waals surface area contributed by atoms with Crippen LogP contribution in [0.4, 0.5) is 10.8 Å². The Morgan fingerprint density at radius 2 is 2.19 bits per heavy atom. The smallest absolute Gasteiger partial charge is 0.250 e. The third-order valence-corrected chi connectivity index (χ3v) is 4.49. The lowest BCUT2D eigenvalue weighted by molar-refractivity contribution is -0.111. The van der Waals surface area contributed by atoms with Crippen molar-refractivity contribution >= 4 is 34.1 Å². The molecule has 0 unspecified atom stereocenters. The first-order chi connectivity index (χ1) is 10.2. The van der Waals surface area contributed by atoms with E-state index >= 15 is 0 Å². The number of hydrogen-bond donors (Lipinski definition) is 2. The fraction of sp³-hybridized carbons (Fsp3) is 0.250. The van der Waals surface area contributed by atoms with Gasteiger partial charge in [-0.2, -0.15) is 0 Å². The molecule has 0 saturated carbocycles. The van der Waals surface area contributed by atoms with Crippen LogP contribution in [0.1, 0.15) is 29.0 Å². The first-order valence-electron chi connectivity index (χ1n) is 7.04. The van der Waals surface area contributed by atoms with E-state index in [9.17, 15) is 4.79 Å². The molecule has 1 heterocycles. The molecule has 1 aromatic carbocycles. The summed E-state index contributed by atoms with van der Waals surface area (Å²) in [5.41, 5.74) is 8.45. The molecule has 1 aliphatic rings. The molecule has 1 aromatic heterocycles. The van der Waals surface area contributed by atoms with Crippen LogP contribution in [0.2, 0.25) is 0 Å². The van der Waals surface area contributed by atoms with E-state index in [1.807, 2.05) is 24.3 Å². The molecular formula is C16H17N3OS. The molecule has 108 valence electrons. The average Bonchev–Trinajstić information content (AvgIpc) is 2.87. The summed E-state index contributed by atoms with van der Waals surface area (Å²) in [5, 5.41) is 3.53. The van der Waals surface area contributed by atoms with E-state index in [0.29, 0.717) is 10.8 Å². The van der Waals surface area contributed by atoms with Gasteiger partial charge in [-0.3, -0.25) is 10.1 Å². The third-order valence-electron chi connectivity index (χ3n) is 3.41. The van der Waals surface area contributed by atoms with Gasteiger partial charge in [0.25, 0.3) is 0 Å². The molecule has 3 rings (SSSR count). The summed E-state index contributed by atoms with van der Waals surface area (Å²) < 4.78 is 0. The summed E-state index contributed by atoms with van der Waals surface area (Å²) in [7, 11) is 0. The molecule has 0 bridgehead atoms. The van der Waals surface area contributed by atoms with Crippen LogP contribution in [-0.4, -0.2) is 10.9 Å². The van der Waals surface area contributed by atoms with Crippen LogP contribution in [0.5, 0.6) is 0 Å². The highest BCUT2D eigenvalue weighted by molar-refractivity contribution is 7.15. The van der Waals surface area contributed by atoms with Crippen LogP contribution < -0.4 is 11.1 Å². The summed E-state index contributed by atoms with van der Waals surface area (Å²) >= 11 is 1.59. The van der Waals surface area contributed by atoms with E-state index < -0.39 is 0 Å². The lowest BCUT2D eigenvalue weighted by Gasteiger charge is -2.06. The number of nitrogen functional groups attached to an aromatic ring is 1. The second-order valence-electron chi connectivity index (χ2n) is 5.09. The van der Waals surface area contributed by atoms with Gasteiger partial charge in [-0.05, 0) is 49.5 Å². The molecule has 0 atom stereocenters. The Hall–Kier alpha value is -2.14. The van der Waals surface area contributed by atoms with Gasteiger partial charge in [0.15, 0.2) is 5.13 Å². The minimum absolute atomic E-state index is 0.163. The summed E-state index contributed by atoms with van der Waals surface area (Å²) in [4.78, 5) is 17.7. The van der Waals surface area contributed by atoms with Crippen LogP contribution in [0.15, 0.2) is 30.3 Å². The molecule has 2 aromatic rings. The number of carbonyl (C=O) groups is 1. The first-order valence-corrected chi connectivity index (χ1v) is 7.85. The molecular weight excluding hydrogens is 282 g/mol. The highest BCUT2D eigenvalue weighted by atomic mass is 32.1. The first kappa shape index (κ1) is 13.8. The van der Waals surface area contributed by atoms with Crippen LogP contribution >= 0.6 is 11.3 Å². The monoisotopic (exact) mass is 299 g/mol. The number of anilines is 2. The Kier molecular flexibility index (Phi) is 4.01. The van der Waals surface area contributed by atoms with Gasteiger partial charge < -0.3 is 5.73 Å². The van der Waals surface area contributed by atoms with E-state index in [4.69, 9.17) is 5.73 Å². The largest absolute Gasteiger partial charge is 0.399 e.